The first-order valence-electron chi connectivity index (χ1n) is 5.91. The first-order chi connectivity index (χ1) is 9.79. The second-order valence-electron chi connectivity index (χ2n) is 4.45. The Morgan fingerprint density at radius 2 is 1.86 bits per heavy atom. The van der Waals surface area contributed by atoms with Gasteiger partial charge in [0, 0.05) is 20.2 Å². The summed E-state index contributed by atoms with van der Waals surface area (Å²) in [5.41, 5.74) is -1.62. The molecule has 0 fully saturated rings. The average molecular weight is 300 g/mol. The molecule has 1 aromatic carbocycles. The SMILES string of the molecule is CN(C)c1cc(Nc2cccc(C(F)(F)F)c2F)ncn1. The van der Waals surface area contributed by atoms with Crippen LogP contribution >= 0.6 is 0 Å². The molecule has 21 heavy (non-hydrogen) atoms. The number of anilines is 3. The topological polar surface area (TPSA) is 41.0 Å². The maximum Gasteiger partial charge on any atom is 0.419 e. The van der Waals surface area contributed by atoms with Crippen LogP contribution in [0.2, 0.25) is 0 Å². The van der Waals surface area contributed by atoms with Gasteiger partial charge >= 0.3 is 6.18 Å². The summed E-state index contributed by atoms with van der Waals surface area (Å²) in [6.07, 6.45) is -3.51. The smallest absolute Gasteiger partial charge is 0.363 e. The molecule has 1 N–H and O–H groups in total. The number of nitrogens with zero attached hydrogens (tertiary/aromatic N) is 3. The highest BCUT2D eigenvalue weighted by atomic mass is 19.4. The van der Waals surface area contributed by atoms with Crippen molar-refractivity contribution in [3.05, 3.63) is 42.0 Å². The van der Waals surface area contributed by atoms with Gasteiger partial charge in [0.15, 0.2) is 5.82 Å². The van der Waals surface area contributed by atoms with Crippen molar-refractivity contribution in [2.24, 2.45) is 0 Å². The zero-order chi connectivity index (χ0) is 15.6. The Kier molecular flexibility index (Phi) is 3.97. The van der Waals surface area contributed by atoms with Crippen LogP contribution < -0.4 is 10.2 Å². The number of alkyl halides is 3. The molecule has 0 aliphatic carbocycles. The van der Waals surface area contributed by atoms with Crippen LogP contribution in [0.4, 0.5) is 34.9 Å². The van der Waals surface area contributed by atoms with Crippen molar-refractivity contribution in [2.45, 2.75) is 6.18 Å². The third-order valence-corrected chi connectivity index (χ3v) is 2.68. The van der Waals surface area contributed by atoms with E-state index in [0.29, 0.717) is 11.9 Å². The Hall–Kier alpha value is -2.38. The van der Waals surface area contributed by atoms with Crippen molar-refractivity contribution >= 4 is 17.3 Å². The zero-order valence-corrected chi connectivity index (χ0v) is 11.2. The molecule has 2 rings (SSSR count). The van der Waals surface area contributed by atoms with Crippen molar-refractivity contribution in [3.8, 4) is 0 Å². The van der Waals surface area contributed by atoms with Gasteiger partial charge in [-0.2, -0.15) is 13.2 Å². The lowest BCUT2D eigenvalue weighted by Gasteiger charge is -2.14. The van der Waals surface area contributed by atoms with E-state index >= 15 is 0 Å². The lowest BCUT2D eigenvalue weighted by molar-refractivity contribution is -0.139. The Morgan fingerprint density at radius 1 is 1.14 bits per heavy atom. The van der Waals surface area contributed by atoms with Gasteiger partial charge in [-0.3, -0.25) is 0 Å². The predicted molar refractivity (Wildman–Crippen MR) is 71.0 cm³/mol. The summed E-state index contributed by atoms with van der Waals surface area (Å²) in [7, 11) is 3.49. The second kappa shape index (κ2) is 5.55. The van der Waals surface area contributed by atoms with Crippen molar-refractivity contribution < 1.29 is 17.6 Å². The van der Waals surface area contributed by atoms with Crippen LogP contribution in [-0.2, 0) is 6.18 Å². The van der Waals surface area contributed by atoms with E-state index < -0.39 is 17.6 Å². The van der Waals surface area contributed by atoms with E-state index in [1.807, 2.05) is 0 Å². The van der Waals surface area contributed by atoms with Crippen LogP contribution in [0, 0.1) is 5.82 Å². The van der Waals surface area contributed by atoms with Gasteiger partial charge in [-0.25, -0.2) is 14.4 Å². The normalized spacial score (nSPS) is 11.3. The molecular weight excluding hydrogens is 288 g/mol. The summed E-state index contributed by atoms with van der Waals surface area (Å²) in [6, 6.07) is 4.52. The maximum absolute atomic E-state index is 13.9. The molecule has 0 bridgehead atoms. The monoisotopic (exact) mass is 300 g/mol. The van der Waals surface area contributed by atoms with Gasteiger partial charge in [0.05, 0.1) is 11.3 Å². The first kappa shape index (κ1) is 15.0. The summed E-state index contributed by atoms with van der Waals surface area (Å²) in [5, 5.41) is 2.53. The van der Waals surface area contributed by atoms with Crippen molar-refractivity contribution in [1.29, 1.82) is 0 Å². The van der Waals surface area contributed by atoms with Gasteiger partial charge in [-0.1, -0.05) is 6.07 Å². The molecule has 0 amide bonds. The molecule has 112 valence electrons. The number of hydrogen-bond acceptors (Lipinski definition) is 4. The molecule has 0 unspecified atom stereocenters. The van der Waals surface area contributed by atoms with Crippen LogP contribution in [-0.4, -0.2) is 24.1 Å². The van der Waals surface area contributed by atoms with Crippen molar-refractivity contribution in [3.63, 3.8) is 0 Å². The minimum Gasteiger partial charge on any atom is -0.363 e. The molecule has 0 aliphatic rings. The number of hydrogen-bond donors (Lipinski definition) is 1. The number of aromatic nitrogens is 2. The van der Waals surface area contributed by atoms with Gasteiger partial charge in [-0.15, -0.1) is 0 Å². The van der Waals surface area contributed by atoms with Crippen LogP contribution in [0.15, 0.2) is 30.6 Å². The van der Waals surface area contributed by atoms with Gasteiger partial charge in [-0.05, 0) is 12.1 Å². The first-order valence-corrected chi connectivity index (χ1v) is 5.91. The summed E-state index contributed by atoms with van der Waals surface area (Å²) in [6.45, 7) is 0. The molecule has 1 aromatic heterocycles. The van der Waals surface area contributed by atoms with Crippen molar-refractivity contribution in [1.82, 2.24) is 9.97 Å². The fourth-order valence-corrected chi connectivity index (χ4v) is 1.65. The minimum absolute atomic E-state index is 0.201. The Morgan fingerprint density at radius 3 is 2.48 bits per heavy atom. The average Bonchev–Trinajstić information content (AvgIpc) is 2.40. The highest BCUT2D eigenvalue weighted by Crippen LogP contribution is 2.34. The molecule has 0 radical (unpaired) electrons. The standard InChI is InChI=1S/C13H12F4N4/c1-21(2)11-6-10(18-7-19-11)20-9-5-3-4-8(12(9)14)13(15,16)17/h3-7H,1-2H3,(H,18,19,20). The quantitative estimate of drug-likeness (QED) is 0.882. The van der Waals surface area contributed by atoms with E-state index in [0.717, 1.165) is 6.07 Å². The lowest BCUT2D eigenvalue weighted by atomic mass is 10.1. The molecule has 1 heterocycles. The summed E-state index contributed by atoms with van der Waals surface area (Å²) in [4.78, 5) is 9.50. The fraction of sp³-hybridized carbons (Fsp3) is 0.231. The Balaban J connectivity index is 2.34. The molecule has 4 nitrogen and oxygen atoms in total. The Labute approximate surface area is 118 Å². The number of benzene rings is 1. The van der Waals surface area contributed by atoms with Gasteiger partial charge < -0.3 is 10.2 Å². The van der Waals surface area contributed by atoms with Gasteiger partial charge in [0.1, 0.15) is 18.0 Å². The molecule has 2 aromatic rings. The van der Waals surface area contributed by atoms with E-state index in [4.69, 9.17) is 0 Å². The third kappa shape index (κ3) is 3.39. The van der Waals surface area contributed by atoms with E-state index in [9.17, 15) is 17.6 Å². The fourth-order valence-electron chi connectivity index (χ4n) is 1.65. The summed E-state index contributed by atoms with van der Waals surface area (Å²) < 4.78 is 51.8. The second-order valence-corrected chi connectivity index (χ2v) is 4.45. The van der Waals surface area contributed by atoms with E-state index in [1.54, 1.807) is 19.0 Å². The third-order valence-electron chi connectivity index (χ3n) is 2.68. The minimum atomic E-state index is -4.75. The summed E-state index contributed by atoms with van der Waals surface area (Å²) in [5.74, 6) is -0.623. The van der Waals surface area contributed by atoms with Crippen LogP contribution in [0.25, 0.3) is 0 Å². The molecule has 0 spiro atoms. The van der Waals surface area contributed by atoms with E-state index in [1.165, 1.54) is 18.5 Å². The van der Waals surface area contributed by atoms with E-state index in [2.05, 4.69) is 15.3 Å². The number of halogens is 4. The highest BCUT2D eigenvalue weighted by Gasteiger charge is 2.34. The van der Waals surface area contributed by atoms with Gasteiger partial charge in [0.2, 0.25) is 0 Å². The molecular formula is C13H12F4N4. The zero-order valence-electron chi connectivity index (χ0n) is 11.2. The van der Waals surface area contributed by atoms with Crippen LogP contribution in [0.5, 0.6) is 0 Å². The van der Waals surface area contributed by atoms with Crippen molar-refractivity contribution in [2.75, 3.05) is 24.3 Å². The van der Waals surface area contributed by atoms with Gasteiger partial charge in [0.25, 0.3) is 0 Å². The lowest BCUT2D eigenvalue weighted by Crippen LogP contribution is -2.12. The molecule has 8 heteroatoms. The number of nitrogens with one attached hydrogen (secondary N) is 1. The largest absolute Gasteiger partial charge is 0.419 e. The Bertz CT molecular complexity index is 640. The van der Waals surface area contributed by atoms with Crippen LogP contribution in [0.3, 0.4) is 0 Å². The number of rotatable bonds is 3. The summed E-state index contributed by atoms with van der Waals surface area (Å²) >= 11 is 0. The molecule has 0 saturated heterocycles. The molecule has 0 saturated carbocycles. The maximum atomic E-state index is 13.9. The molecule has 0 aliphatic heterocycles. The predicted octanol–water partition coefficient (Wildman–Crippen LogP) is 3.44. The highest BCUT2D eigenvalue weighted by molar-refractivity contribution is 5.60. The van der Waals surface area contributed by atoms with E-state index in [-0.39, 0.29) is 11.5 Å². The molecule has 0 atom stereocenters. The van der Waals surface area contributed by atoms with Crippen LogP contribution in [0.1, 0.15) is 5.56 Å².